The van der Waals surface area contributed by atoms with Gasteiger partial charge in [-0.3, -0.25) is 4.79 Å². The maximum atomic E-state index is 11.3. The first kappa shape index (κ1) is 14.0. The van der Waals surface area contributed by atoms with E-state index in [0.717, 1.165) is 5.56 Å². The lowest BCUT2D eigenvalue weighted by atomic mass is 9.90. The van der Waals surface area contributed by atoms with Crippen molar-refractivity contribution >= 4 is 17.6 Å². The van der Waals surface area contributed by atoms with Crippen LogP contribution in [-0.2, 0) is 4.79 Å². The van der Waals surface area contributed by atoms with E-state index in [4.69, 9.17) is 11.6 Å². The minimum atomic E-state index is -0.763. The third kappa shape index (κ3) is 3.45. The molecule has 0 aliphatic heterocycles. The maximum Gasteiger partial charge on any atom is 0.308 e. The van der Waals surface area contributed by atoms with Crippen LogP contribution in [0.4, 0.5) is 0 Å². The van der Waals surface area contributed by atoms with Crippen molar-refractivity contribution in [1.82, 2.24) is 4.90 Å². The van der Waals surface area contributed by atoms with Gasteiger partial charge in [0.1, 0.15) is 0 Å². The van der Waals surface area contributed by atoms with E-state index in [1.54, 1.807) is 12.1 Å². The first-order valence-electron chi connectivity index (χ1n) is 5.62. The second kappa shape index (κ2) is 6.03. The zero-order valence-electron chi connectivity index (χ0n) is 10.4. The van der Waals surface area contributed by atoms with E-state index >= 15 is 0 Å². The van der Waals surface area contributed by atoms with E-state index in [0.29, 0.717) is 11.4 Å². The Bertz CT molecular complexity index is 376. The topological polar surface area (TPSA) is 40.5 Å². The Kier molecular flexibility index (Phi) is 4.97. The Balaban J connectivity index is 3.08. The van der Waals surface area contributed by atoms with E-state index in [-0.39, 0.29) is 6.04 Å². The van der Waals surface area contributed by atoms with Crippen molar-refractivity contribution in [2.75, 3.05) is 14.1 Å². The second-order valence-electron chi connectivity index (χ2n) is 4.31. The van der Waals surface area contributed by atoms with E-state index in [2.05, 4.69) is 0 Å². The molecule has 0 spiro atoms. The van der Waals surface area contributed by atoms with Crippen LogP contribution in [0.2, 0.25) is 5.02 Å². The van der Waals surface area contributed by atoms with Crippen LogP contribution < -0.4 is 0 Å². The molecule has 0 heterocycles. The zero-order valence-corrected chi connectivity index (χ0v) is 11.1. The van der Waals surface area contributed by atoms with Crippen LogP contribution in [0.3, 0.4) is 0 Å². The SMILES string of the molecule is CCC(C(=O)O)C(c1ccc(Cl)cc1)N(C)C. The third-order valence-electron chi connectivity index (χ3n) is 2.91. The van der Waals surface area contributed by atoms with Gasteiger partial charge in [-0.2, -0.15) is 0 Å². The van der Waals surface area contributed by atoms with Gasteiger partial charge in [0.25, 0.3) is 0 Å². The van der Waals surface area contributed by atoms with Gasteiger partial charge in [0.15, 0.2) is 0 Å². The minimum Gasteiger partial charge on any atom is -0.481 e. The third-order valence-corrected chi connectivity index (χ3v) is 3.16. The number of aliphatic carboxylic acids is 1. The molecule has 0 fully saturated rings. The molecule has 0 saturated carbocycles. The summed E-state index contributed by atoms with van der Waals surface area (Å²) in [5, 5.41) is 9.92. The zero-order chi connectivity index (χ0) is 13.0. The molecule has 2 atom stereocenters. The summed E-state index contributed by atoms with van der Waals surface area (Å²) in [6.45, 7) is 1.89. The van der Waals surface area contributed by atoms with Gasteiger partial charge in [-0.25, -0.2) is 0 Å². The maximum absolute atomic E-state index is 11.3. The summed E-state index contributed by atoms with van der Waals surface area (Å²) >= 11 is 5.84. The molecule has 17 heavy (non-hydrogen) atoms. The largest absolute Gasteiger partial charge is 0.481 e. The van der Waals surface area contributed by atoms with Crippen molar-refractivity contribution in [3.05, 3.63) is 34.9 Å². The van der Waals surface area contributed by atoms with Crippen LogP contribution in [0.1, 0.15) is 24.9 Å². The molecule has 0 aliphatic carbocycles. The molecule has 1 aromatic carbocycles. The molecule has 0 aromatic heterocycles. The van der Waals surface area contributed by atoms with Crippen molar-refractivity contribution < 1.29 is 9.90 Å². The van der Waals surface area contributed by atoms with Crippen LogP contribution in [0.15, 0.2) is 24.3 Å². The molecule has 0 aliphatic rings. The highest BCUT2D eigenvalue weighted by Crippen LogP contribution is 2.30. The Hall–Kier alpha value is -1.06. The predicted octanol–water partition coefficient (Wildman–Crippen LogP) is 3.05. The number of benzene rings is 1. The molecule has 4 heteroatoms. The molecule has 1 aromatic rings. The molecule has 2 unspecified atom stereocenters. The van der Waals surface area contributed by atoms with Crippen LogP contribution in [0.25, 0.3) is 0 Å². The first-order valence-corrected chi connectivity index (χ1v) is 5.99. The summed E-state index contributed by atoms with van der Waals surface area (Å²) in [7, 11) is 3.79. The van der Waals surface area contributed by atoms with Crippen molar-refractivity contribution in [3.8, 4) is 0 Å². The number of carboxylic acid groups (broad SMARTS) is 1. The normalized spacial score (nSPS) is 14.6. The van der Waals surface area contributed by atoms with Crippen molar-refractivity contribution in [3.63, 3.8) is 0 Å². The summed E-state index contributed by atoms with van der Waals surface area (Å²) < 4.78 is 0. The Labute approximate surface area is 107 Å². The highest BCUT2D eigenvalue weighted by molar-refractivity contribution is 6.30. The lowest BCUT2D eigenvalue weighted by Gasteiger charge is -2.29. The Morgan fingerprint density at radius 1 is 1.35 bits per heavy atom. The van der Waals surface area contributed by atoms with Crippen LogP contribution in [-0.4, -0.2) is 30.1 Å². The van der Waals surface area contributed by atoms with Gasteiger partial charge < -0.3 is 10.0 Å². The summed E-state index contributed by atoms with van der Waals surface area (Å²) in [5.41, 5.74) is 0.980. The number of carbonyl (C=O) groups is 1. The highest BCUT2D eigenvalue weighted by atomic mass is 35.5. The molecule has 3 nitrogen and oxygen atoms in total. The quantitative estimate of drug-likeness (QED) is 0.879. The summed E-state index contributed by atoms with van der Waals surface area (Å²) in [6, 6.07) is 7.23. The smallest absolute Gasteiger partial charge is 0.308 e. The highest BCUT2D eigenvalue weighted by Gasteiger charge is 2.29. The minimum absolute atomic E-state index is 0.130. The average molecular weight is 256 g/mol. The van der Waals surface area contributed by atoms with Gasteiger partial charge in [0, 0.05) is 11.1 Å². The fourth-order valence-corrected chi connectivity index (χ4v) is 2.21. The summed E-state index contributed by atoms with van der Waals surface area (Å²) in [6.07, 6.45) is 0.598. The molecule has 1 rings (SSSR count). The first-order chi connectivity index (χ1) is 7.97. The van der Waals surface area contributed by atoms with Crippen LogP contribution in [0, 0.1) is 5.92 Å². The molecule has 0 radical (unpaired) electrons. The molecule has 0 amide bonds. The Morgan fingerprint density at radius 3 is 2.24 bits per heavy atom. The van der Waals surface area contributed by atoms with Crippen LogP contribution in [0.5, 0.6) is 0 Å². The van der Waals surface area contributed by atoms with E-state index in [1.807, 2.05) is 38.1 Å². The molecule has 1 N–H and O–H groups in total. The molecule has 94 valence electrons. The van der Waals surface area contributed by atoms with Crippen molar-refractivity contribution in [2.45, 2.75) is 19.4 Å². The predicted molar refractivity (Wildman–Crippen MR) is 69.3 cm³/mol. The second-order valence-corrected chi connectivity index (χ2v) is 4.75. The monoisotopic (exact) mass is 255 g/mol. The molecular formula is C13H18ClNO2. The lowest BCUT2D eigenvalue weighted by molar-refractivity contribution is -0.144. The molecule has 0 bridgehead atoms. The van der Waals surface area contributed by atoms with E-state index in [1.165, 1.54) is 0 Å². The number of carboxylic acids is 1. The van der Waals surface area contributed by atoms with Gasteiger partial charge in [0.2, 0.25) is 0 Å². The fraction of sp³-hybridized carbons (Fsp3) is 0.462. The molecular weight excluding hydrogens is 238 g/mol. The summed E-state index contributed by atoms with van der Waals surface area (Å²) in [4.78, 5) is 13.2. The van der Waals surface area contributed by atoms with Crippen LogP contribution >= 0.6 is 11.6 Å². The number of rotatable bonds is 5. The van der Waals surface area contributed by atoms with Gasteiger partial charge in [0.05, 0.1) is 5.92 Å². The number of halogens is 1. The number of hydrogen-bond donors (Lipinski definition) is 1. The average Bonchev–Trinajstić information content (AvgIpc) is 2.26. The standard InChI is InChI=1S/C13H18ClNO2/c1-4-11(13(16)17)12(15(2)3)9-5-7-10(14)8-6-9/h5-8,11-12H,4H2,1-3H3,(H,16,17). The van der Waals surface area contributed by atoms with Crippen molar-refractivity contribution in [1.29, 1.82) is 0 Å². The fourth-order valence-electron chi connectivity index (χ4n) is 2.08. The Morgan fingerprint density at radius 2 is 1.88 bits per heavy atom. The van der Waals surface area contributed by atoms with Gasteiger partial charge in [-0.15, -0.1) is 0 Å². The van der Waals surface area contributed by atoms with E-state index in [9.17, 15) is 9.90 Å². The molecule has 0 saturated heterocycles. The number of nitrogens with zero attached hydrogens (tertiary/aromatic N) is 1. The van der Waals surface area contributed by atoms with E-state index < -0.39 is 11.9 Å². The van der Waals surface area contributed by atoms with Gasteiger partial charge in [-0.1, -0.05) is 30.7 Å². The lowest BCUT2D eigenvalue weighted by Crippen LogP contribution is -2.32. The number of hydrogen-bond acceptors (Lipinski definition) is 2. The summed E-state index contributed by atoms with van der Waals surface area (Å²) in [5.74, 6) is -1.17. The van der Waals surface area contributed by atoms with Crippen molar-refractivity contribution in [2.24, 2.45) is 5.92 Å². The van der Waals surface area contributed by atoms with Gasteiger partial charge >= 0.3 is 5.97 Å². The van der Waals surface area contributed by atoms with Gasteiger partial charge in [-0.05, 0) is 38.2 Å².